The molecule has 0 atom stereocenters. The fourth-order valence-electron chi connectivity index (χ4n) is 0. The van der Waals surface area contributed by atoms with Crippen LogP contribution >= 0.6 is 15.9 Å². The minimum absolute atomic E-state index is 0. The first kappa shape index (κ1) is 9.73. The van der Waals surface area contributed by atoms with Gasteiger partial charge in [-0.15, -0.1) is 0 Å². The SMILES string of the molecule is O=C(O)Br.[BaH2]. The third-order valence-electron chi connectivity index (χ3n) is 0. The van der Waals surface area contributed by atoms with Crippen molar-refractivity contribution >= 4 is 69.7 Å². The van der Waals surface area contributed by atoms with Crippen molar-refractivity contribution in [1.29, 1.82) is 0 Å². The summed E-state index contributed by atoms with van der Waals surface area (Å²) in [4.78, 5) is 7.90. The summed E-state index contributed by atoms with van der Waals surface area (Å²) in [7, 11) is 0. The van der Waals surface area contributed by atoms with Gasteiger partial charge < -0.3 is 5.11 Å². The molecule has 0 unspecified atom stereocenters. The zero-order chi connectivity index (χ0) is 3.58. The number of carboxylic acid groups (broad SMARTS) is 1. The van der Waals surface area contributed by atoms with E-state index < -0.39 is 4.88 Å². The zero-order valence-corrected chi connectivity index (χ0v) is 3.32. The van der Waals surface area contributed by atoms with Gasteiger partial charge in [-0.05, 0) is 0 Å². The van der Waals surface area contributed by atoms with E-state index in [1.165, 1.54) is 0 Å². The van der Waals surface area contributed by atoms with E-state index in [9.17, 15) is 0 Å². The Morgan fingerprint density at radius 2 is 1.80 bits per heavy atom. The molecule has 0 rings (SSSR count). The third kappa shape index (κ3) is 29.6. The number of hydrogen-bond acceptors (Lipinski definition) is 1. The van der Waals surface area contributed by atoms with E-state index in [1.807, 2.05) is 0 Å². The van der Waals surface area contributed by atoms with Crippen molar-refractivity contribution in [3.05, 3.63) is 0 Å². The van der Waals surface area contributed by atoms with E-state index in [4.69, 9.17) is 9.90 Å². The summed E-state index contributed by atoms with van der Waals surface area (Å²) in [6.45, 7) is 0. The van der Waals surface area contributed by atoms with Gasteiger partial charge in [0.1, 0.15) is 0 Å². The first-order valence-electron chi connectivity index (χ1n) is 0.617. The molecule has 0 spiro atoms. The van der Waals surface area contributed by atoms with Crippen LogP contribution < -0.4 is 0 Å². The second kappa shape index (κ2) is 5.52. The molecule has 0 bridgehead atoms. The Morgan fingerprint density at radius 1 is 1.80 bits per heavy atom. The molecule has 0 amide bonds. The maximum absolute atomic E-state index is 8.92. The average Bonchev–Trinajstić information content (AvgIpc) is 0.811. The first-order valence-corrected chi connectivity index (χ1v) is 1.41. The first-order chi connectivity index (χ1) is 1.73. The molecule has 0 aromatic heterocycles. The van der Waals surface area contributed by atoms with Crippen LogP contribution in [-0.4, -0.2) is 58.9 Å². The standard InChI is InChI=1S/CHBrO2.Ba.2H/c2-1(3)4;;;/h(H,3,4);;;. The van der Waals surface area contributed by atoms with Crippen molar-refractivity contribution in [3.8, 4) is 0 Å². The van der Waals surface area contributed by atoms with Crippen molar-refractivity contribution in [3.63, 3.8) is 0 Å². The number of hydrogen-bond donors (Lipinski definition) is 1. The fourth-order valence-corrected chi connectivity index (χ4v) is 0. The second-order valence-electron chi connectivity index (χ2n) is 0.253. The van der Waals surface area contributed by atoms with Gasteiger partial charge in [-0.3, -0.25) is 0 Å². The summed E-state index contributed by atoms with van der Waals surface area (Å²) < 4.78 is 0. The van der Waals surface area contributed by atoms with Gasteiger partial charge in [0.25, 0.3) is 0 Å². The zero-order valence-electron chi connectivity index (χ0n) is 1.73. The Labute approximate surface area is 78.1 Å². The molecule has 0 aliphatic carbocycles. The van der Waals surface area contributed by atoms with Crippen LogP contribution in [0.15, 0.2) is 0 Å². The molecule has 0 aromatic rings. The molecule has 5 heavy (non-hydrogen) atoms. The molecule has 1 N–H and O–H groups in total. The number of halogens is 1. The van der Waals surface area contributed by atoms with Gasteiger partial charge in [-0.2, -0.15) is 0 Å². The van der Waals surface area contributed by atoms with E-state index in [1.54, 1.807) is 0 Å². The van der Waals surface area contributed by atoms with Gasteiger partial charge in [0, 0.05) is 15.9 Å². The van der Waals surface area contributed by atoms with E-state index in [0.29, 0.717) is 0 Å². The van der Waals surface area contributed by atoms with E-state index in [0.717, 1.165) is 0 Å². The summed E-state index contributed by atoms with van der Waals surface area (Å²) in [6, 6.07) is 0. The predicted octanol–water partition coefficient (Wildman–Crippen LogP) is 0.143. The molecule has 0 radical (unpaired) electrons. The van der Waals surface area contributed by atoms with Crippen LogP contribution in [0.4, 0.5) is 4.79 Å². The average molecular weight is 264 g/mol. The second-order valence-corrected chi connectivity index (χ2v) is 0.931. The summed E-state index contributed by atoms with van der Waals surface area (Å²) >= 11 is 2.19. The summed E-state index contributed by atoms with van der Waals surface area (Å²) in [5, 5.41) is 7.33. The Morgan fingerprint density at radius 3 is 1.80 bits per heavy atom. The van der Waals surface area contributed by atoms with Gasteiger partial charge in [-0.25, -0.2) is 4.79 Å². The normalized spacial score (nSPS) is 5.00. The van der Waals surface area contributed by atoms with Crippen molar-refractivity contribution in [2.24, 2.45) is 0 Å². The number of rotatable bonds is 0. The predicted molar refractivity (Wildman–Crippen MR) is 25.5 cm³/mol. The Balaban J connectivity index is 0. The van der Waals surface area contributed by atoms with Crippen LogP contribution in [-0.2, 0) is 0 Å². The van der Waals surface area contributed by atoms with Crippen molar-refractivity contribution in [2.45, 2.75) is 0 Å². The molecule has 0 saturated heterocycles. The third-order valence-corrected chi connectivity index (χ3v) is 0. The maximum atomic E-state index is 8.92. The van der Waals surface area contributed by atoms with Gasteiger partial charge in [0.2, 0.25) is 0 Å². The van der Waals surface area contributed by atoms with Crippen LogP contribution in [0.2, 0.25) is 0 Å². The summed E-state index contributed by atoms with van der Waals surface area (Å²) in [6.07, 6.45) is 0. The van der Waals surface area contributed by atoms with Crippen molar-refractivity contribution < 1.29 is 9.90 Å². The Kier molecular flexibility index (Phi) is 10.7. The van der Waals surface area contributed by atoms with Crippen LogP contribution in [0.1, 0.15) is 0 Å². The minimum atomic E-state index is -1.02. The molecule has 28 valence electrons. The Hall–Kier alpha value is 1.52. The molecule has 0 aliphatic heterocycles. The number of carbonyl (C=O) groups is 1. The van der Waals surface area contributed by atoms with Crippen LogP contribution in [0.3, 0.4) is 0 Å². The summed E-state index contributed by atoms with van der Waals surface area (Å²) in [5.41, 5.74) is 0. The van der Waals surface area contributed by atoms with Gasteiger partial charge in [0.05, 0.1) is 0 Å². The van der Waals surface area contributed by atoms with Crippen LogP contribution in [0.5, 0.6) is 0 Å². The molecule has 0 aromatic carbocycles. The topological polar surface area (TPSA) is 37.3 Å². The molecule has 4 heteroatoms. The van der Waals surface area contributed by atoms with E-state index in [2.05, 4.69) is 15.9 Å². The molecule has 2 nitrogen and oxygen atoms in total. The van der Waals surface area contributed by atoms with E-state index in [-0.39, 0.29) is 48.9 Å². The molecule has 0 saturated carbocycles. The van der Waals surface area contributed by atoms with Crippen LogP contribution in [0.25, 0.3) is 0 Å². The van der Waals surface area contributed by atoms with Gasteiger partial charge in [-0.1, -0.05) is 0 Å². The van der Waals surface area contributed by atoms with Crippen LogP contribution in [0, 0.1) is 0 Å². The van der Waals surface area contributed by atoms with Crippen molar-refractivity contribution in [2.75, 3.05) is 0 Å². The molecule has 0 heterocycles. The Bertz CT molecular complexity index is 32.6. The van der Waals surface area contributed by atoms with E-state index >= 15 is 0 Å². The molecule has 0 aliphatic rings. The molecular weight excluding hydrogens is 261 g/mol. The van der Waals surface area contributed by atoms with Gasteiger partial charge in [0.15, 0.2) is 0 Å². The van der Waals surface area contributed by atoms with Crippen molar-refractivity contribution in [1.82, 2.24) is 0 Å². The molecular formula is CH3BaBrO2. The summed E-state index contributed by atoms with van der Waals surface area (Å²) in [5.74, 6) is 0. The fraction of sp³-hybridized carbons (Fsp3) is 0. The molecule has 0 fully saturated rings. The van der Waals surface area contributed by atoms with Gasteiger partial charge >= 0.3 is 53.8 Å². The monoisotopic (exact) mass is 264 g/mol. The quantitative estimate of drug-likeness (QED) is 0.499.